The van der Waals surface area contributed by atoms with Gasteiger partial charge < -0.3 is 40.7 Å². The maximum Gasteiger partial charge on any atom is 0.319 e. The molecule has 6 rings (SSSR count). The summed E-state index contributed by atoms with van der Waals surface area (Å²) in [6.07, 6.45) is 2.48. The molecule has 4 aliphatic heterocycles. The van der Waals surface area contributed by atoms with Crippen molar-refractivity contribution in [3.63, 3.8) is 0 Å². The zero-order valence-electron chi connectivity index (χ0n) is 32.9. The van der Waals surface area contributed by atoms with Gasteiger partial charge in [0.1, 0.15) is 36.0 Å². The maximum atomic E-state index is 14.7. The fourth-order valence-electron chi connectivity index (χ4n) is 8.51. The highest BCUT2D eigenvalue weighted by atomic mass is 35.5. The van der Waals surface area contributed by atoms with Crippen molar-refractivity contribution in [2.75, 3.05) is 31.6 Å². The van der Waals surface area contributed by atoms with Gasteiger partial charge in [0.15, 0.2) is 0 Å². The largest absolute Gasteiger partial charge is 0.374 e. The van der Waals surface area contributed by atoms with E-state index in [-0.39, 0.29) is 54.1 Å². The second-order valence-corrected chi connectivity index (χ2v) is 16.4. The van der Waals surface area contributed by atoms with Crippen LogP contribution in [-0.4, -0.2) is 119 Å². The first-order valence-electron chi connectivity index (χ1n) is 19.9. The first-order chi connectivity index (χ1) is 27.2. The fourth-order valence-corrected chi connectivity index (χ4v) is 8.67. The second-order valence-electron chi connectivity index (χ2n) is 15.9. The van der Waals surface area contributed by atoms with Gasteiger partial charge in [-0.25, -0.2) is 9.18 Å². The molecule has 2 aromatic carbocycles. The van der Waals surface area contributed by atoms with Gasteiger partial charge in [-0.2, -0.15) is 0 Å². The molecule has 0 bridgehead atoms. The molecule has 0 spiro atoms. The van der Waals surface area contributed by atoms with Crippen LogP contribution in [0, 0.1) is 18.7 Å². The van der Waals surface area contributed by atoms with E-state index in [9.17, 15) is 33.2 Å². The van der Waals surface area contributed by atoms with E-state index < -0.39 is 65.9 Å². The van der Waals surface area contributed by atoms with Gasteiger partial charge in [-0.1, -0.05) is 48.4 Å². The third-order valence-electron chi connectivity index (χ3n) is 11.5. The molecule has 7 amide bonds. The molecule has 4 N–H and O–H groups in total. The van der Waals surface area contributed by atoms with Crippen molar-refractivity contribution in [3.8, 4) is 0 Å². The zero-order valence-corrected chi connectivity index (χ0v) is 33.6. The van der Waals surface area contributed by atoms with Crippen molar-refractivity contribution in [2.45, 2.75) is 115 Å². The van der Waals surface area contributed by atoms with Crippen molar-refractivity contribution < 1.29 is 37.9 Å². The third kappa shape index (κ3) is 9.86. The summed E-state index contributed by atoms with van der Waals surface area (Å²) in [5.41, 5.74) is 1.50. The number of carbonyl (C=O) groups excluding carboxylic acids is 6. The van der Waals surface area contributed by atoms with E-state index in [1.54, 1.807) is 24.8 Å². The van der Waals surface area contributed by atoms with Gasteiger partial charge in [-0.15, -0.1) is 0 Å². The number of amides is 7. The van der Waals surface area contributed by atoms with Crippen LogP contribution in [0.5, 0.6) is 0 Å². The monoisotopic (exact) mass is 809 g/mol. The van der Waals surface area contributed by atoms with Crippen molar-refractivity contribution >= 4 is 52.9 Å². The van der Waals surface area contributed by atoms with Crippen molar-refractivity contribution in [1.29, 1.82) is 0 Å². The molecule has 4 aliphatic rings. The fraction of sp³-hybridized carbons (Fsp3) is 0.561. The number of urea groups is 1. The zero-order chi connectivity index (χ0) is 41.0. The lowest BCUT2D eigenvalue weighted by Crippen LogP contribution is -2.63. The number of nitrogens with one attached hydrogen (secondary N) is 4. The normalized spacial score (nSPS) is 27.9. The molecule has 2 aromatic rings. The molecule has 8 atom stereocenters. The number of anilines is 1. The SMILES string of the molecule is Cc1cccc(C[C@H](NC(=O)Nc2ccc(Cl)cc2F)C(=O)N[C@@H]2C(=O)N3CCC[C@H]3C(=O)N3CCCC[C@H]3C(=O)N[C@@H](C)C(=O)N3C[C@H](C)C[C@H]3CO[C@H]2C)c1. The Morgan fingerprint density at radius 2 is 1.67 bits per heavy atom. The molecule has 4 fully saturated rings. The van der Waals surface area contributed by atoms with Crippen LogP contribution < -0.4 is 21.3 Å². The summed E-state index contributed by atoms with van der Waals surface area (Å²) >= 11 is 5.89. The lowest BCUT2D eigenvalue weighted by molar-refractivity contribution is -0.153. The van der Waals surface area contributed by atoms with E-state index >= 15 is 0 Å². The van der Waals surface area contributed by atoms with Crippen LogP contribution in [0.3, 0.4) is 0 Å². The number of hydrogen-bond donors (Lipinski definition) is 4. The Morgan fingerprint density at radius 1 is 0.930 bits per heavy atom. The molecular formula is C41H53ClFN7O7. The van der Waals surface area contributed by atoms with Gasteiger partial charge >= 0.3 is 6.03 Å². The van der Waals surface area contributed by atoms with E-state index in [1.807, 2.05) is 32.0 Å². The molecule has 0 unspecified atom stereocenters. The number of fused-ring (bicyclic) bond motifs is 3. The topological polar surface area (TPSA) is 169 Å². The Morgan fingerprint density at radius 3 is 2.42 bits per heavy atom. The minimum Gasteiger partial charge on any atom is -0.374 e. The van der Waals surface area contributed by atoms with E-state index in [0.29, 0.717) is 45.2 Å². The second kappa shape index (κ2) is 18.2. The van der Waals surface area contributed by atoms with Crippen LogP contribution in [0.25, 0.3) is 0 Å². The number of piperidine rings is 1. The molecule has 308 valence electrons. The highest BCUT2D eigenvalue weighted by Gasteiger charge is 2.46. The summed E-state index contributed by atoms with van der Waals surface area (Å²) in [4.78, 5) is 89.0. The minimum absolute atomic E-state index is 0.0264. The average molecular weight is 810 g/mol. The molecule has 14 nitrogen and oxygen atoms in total. The van der Waals surface area contributed by atoms with Gasteiger partial charge in [-0.3, -0.25) is 24.0 Å². The van der Waals surface area contributed by atoms with E-state index in [1.165, 1.54) is 21.9 Å². The van der Waals surface area contributed by atoms with Crippen molar-refractivity contribution in [3.05, 3.63) is 64.4 Å². The lowest BCUT2D eigenvalue weighted by Gasteiger charge is -2.40. The van der Waals surface area contributed by atoms with Crippen molar-refractivity contribution in [1.82, 2.24) is 30.7 Å². The molecule has 57 heavy (non-hydrogen) atoms. The first kappa shape index (κ1) is 41.9. The Labute approximate surface area is 337 Å². The molecule has 0 saturated carbocycles. The third-order valence-corrected chi connectivity index (χ3v) is 11.7. The molecule has 0 aliphatic carbocycles. The molecule has 4 heterocycles. The van der Waals surface area contributed by atoms with Crippen LogP contribution >= 0.6 is 11.6 Å². The number of ether oxygens (including phenoxy) is 1. The van der Waals surface area contributed by atoms with Crippen LogP contribution in [0.2, 0.25) is 5.02 Å². The highest BCUT2D eigenvalue weighted by Crippen LogP contribution is 2.28. The van der Waals surface area contributed by atoms with Crippen LogP contribution in [0.4, 0.5) is 14.9 Å². The summed E-state index contributed by atoms with van der Waals surface area (Å²) in [6.45, 7) is 8.32. The van der Waals surface area contributed by atoms with Crippen LogP contribution in [-0.2, 0) is 35.1 Å². The van der Waals surface area contributed by atoms with Crippen LogP contribution in [0.1, 0.15) is 70.4 Å². The summed E-state index contributed by atoms with van der Waals surface area (Å²) < 4.78 is 21.0. The van der Waals surface area contributed by atoms with Crippen LogP contribution in [0.15, 0.2) is 42.5 Å². The maximum absolute atomic E-state index is 14.7. The minimum atomic E-state index is -1.31. The van der Waals surface area contributed by atoms with E-state index in [4.69, 9.17) is 16.3 Å². The number of aryl methyl sites for hydroxylation is 1. The van der Waals surface area contributed by atoms with Gasteiger partial charge in [0.25, 0.3) is 0 Å². The van der Waals surface area contributed by atoms with Gasteiger partial charge in [-0.05, 0) is 89.0 Å². The smallest absolute Gasteiger partial charge is 0.319 e. The summed E-state index contributed by atoms with van der Waals surface area (Å²) in [5, 5.41) is 11.0. The number of hydrogen-bond acceptors (Lipinski definition) is 7. The number of rotatable bonds is 6. The quantitative estimate of drug-likeness (QED) is 0.346. The number of nitrogens with zero attached hydrogens (tertiary/aromatic N) is 3. The Kier molecular flexibility index (Phi) is 13.4. The highest BCUT2D eigenvalue weighted by molar-refractivity contribution is 6.30. The molecular weight excluding hydrogens is 757 g/mol. The van der Waals surface area contributed by atoms with Gasteiger partial charge in [0, 0.05) is 31.1 Å². The molecule has 0 radical (unpaired) electrons. The lowest BCUT2D eigenvalue weighted by atomic mass is 9.99. The van der Waals surface area contributed by atoms with E-state index in [2.05, 4.69) is 21.3 Å². The molecule has 0 aromatic heterocycles. The summed E-state index contributed by atoms with van der Waals surface area (Å²) in [5.74, 6) is -2.89. The Balaban J connectivity index is 1.31. The standard InChI is InChI=1S/C41H53ClFN7O7/c1-23-9-7-10-27(17-23)19-32(46-41(56)45-31-14-13-28(42)20-30(31)43)36(51)47-35-26(4)57-22-29-18-24(2)21-50(29)38(53)25(3)44-37(52)33-11-5-6-15-48(33)39(54)34-12-8-16-49(34)40(35)55/h7,9-10,13-14,17,20,24-26,29,32-35H,5-6,8,11-12,15-16,18-19,21-22H2,1-4H3,(H,44,52)(H,47,51)(H2,45,46,56)/t24-,25+,26+,29+,32+,33+,34+,35+/m1/s1. The first-order valence-corrected chi connectivity index (χ1v) is 20.3. The van der Waals surface area contributed by atoms with E-state index in [0.717, 1.165) is 23.6 Å². The molecule has 4 saturated heterocycles. The number of benzene rings is 2. The Hall–Kier alpha value is -4.76. The van der Waals surface area contributed by atoms with Gasteiger partial charge in [0.2, 0.25) is 29.5 Å². The number of halogens is 2. The van der Waals surface area contributed by atoms with Crippen molar-refractivity contribution in [2.24, 2.45) is 5.92 Å². The Bertz CT molecular complexity index is 1870. The predicted molar refractivity (Wildman–Crippen MR) is 211 cm³/mol. The van der Waals surface area contributed by atoms with Gasteiger partial charge in [0.05, 0.1) is 24.4 Å². The summed E-state index contributed by atoms with van der Waals surface area (Å²) in [6, 6.07) is 4.89. The summed E-state index contributed by atoms with van der Waals surface area (Å²) in [7, 11) is 0. The average Bonchev–Trinajstić information content (AvgIpc) is 3.82. The number of carbonyl (C=O) groups is 6. The predicted octanol–water partition coefficient (Wildman–Crippen LogP) is 3.54. The molecule has 16 heteroatoms.